The van der Waals surface area contributed by atoms with Gasteiger partial charge in [-0.1, -0.05) is 26.0 Å². The summed E-state index contributed by atoms with van der Waals surface area (Å²) < 4.78 is 5.09. The van der Waals surface area contributed by atoms with E-state index < -0.39 is 5.97 Å². The lowest BCUT2D eigenvalue weighted by atomic mass is 10.0. The van der Waals surface area contributed by atoms with Crippen LogP contribution in [0.15, 0.2) is 24.3 Å². The number of benzene rings is 1. The molecule has 0 atom stereocenters. The zero-order valence-corrected chi connectivity index (χ0v) is 17.0. The molecule has 0 unspecified atom stereocenters. The van der Waals surface area contributed by atoms with Crippen molar-refractivity contribution in [3.8, 4) is 0 Å². The molecule has 0 fully saturated rings. The molecule has 1 aromatic carbocycles. The van der Waals surface area contributed by atoms with Crippen molar-refractivity contribution in [2.45, 2.75) is 33.6 Å². The van der Waals surface area contributed by atoms with Gasteiger partial charge < -0.3 is 15.4 Å². The summed E-state index contributed by atoms with van der Waals surface area (Å²) in [7, 11) is 1.51. The zero-order valence-electron chi connectivity index (χ0n) is 16.1. The molecule has 0 aliphatic heterocycles. The fraction of sp³-hybridized carbons (Fsp3) is 0.350. The van der Waals surface area contributed by atoms with Crippen molar-refractivity contribution < 1.29 is 19.1 Å². The van der Waals surface area contributed by atoms with E-state index in [1.807, 2.05) is 12.1 Å². The molecule has 27 heavy (non-hydrogen) atoms. The summed E-state index contributed by atoms with van der Waals surface area (Å²) in [4.78, 5) is 37.4. The summed E-state index contributed by atoms with van der Waals surface area (Å²) in [5.41, 5.74) is 2.31. The van der Waals surface area contributed by atoms with Gasteiger partial charge in [0.05, 0.1) is 17.0 Å². The second-order valence-corrected chi connectivity index (χ2v) is 7.31. The number of esters is 1. The average molecular weight is 388 g/mol. The Balaban J connectivity index is 2.37. The number of carbonyl (C=O) groups is 3. The van der Waals surface area contributed by atoms with Gasteiger partial charge in [-0.15, -0.1) is 11.3 Å². The predicted molar refractivity (Wildman–Crippen MR) is 107 cm³/mol. The Labute approximate surface area is 162 Å². The largest absolute Gasteiger partial charge is 0.462 e. The third-order valence-electron chi connectivity index (χ3n) is 4.13. The van der Waals surface area contributed by atoms with Gasteiger partial charge in [-0.25, -0.2) is 4.79 Å². The minimum Gasteiger partial charge on any atom is -0.462 e. The summed E-state index contributed by atoms with van der Waals surface area (Å²) in [5, 5.41) is 5.60. The van der Waals surface area contributed by atoms with E-state index in [0.717, 1.165) is 16.9 Å². The third-order valence-corrected chi connectivity index (χ3v) is 5.33. The summed E-state index contributed by atoms with van der Waals surface area (Å²) in [6.45, 7) is 7.73. The van der Waals surface area contributed by atoms with Crippen molar-refractivity contribution >= 4 is 34.1 Å². The molecule has 2 aromatic rings. The Morgan fingerprint density at radius 1 is 1.11 bits per heavy atom. The second-order valence-electron chi connectivity index (χ2n) is 6.29. The van der Waals surface area contributed by atoms with E-state index >= 15 is 0 Å². The smallest absolute Gasteiger partial charge is 0.341 e. The molecule has 6 nitrogen and oxygen atoms in total. The molecule has 7 heteroatoms. The maximum absolute atomic E-state index is 12.6. The van der Waals surface area contributed by atoms with Crippen molar-refractivity contribution in [3.05, 3.63) is 51.4 Å². The number of rotatable bonds is 6. The van der Waals surface area contributed by atoms with E-state index in [1.54, 1.807) is 26.0 Å². The number of carbonyl (C=O) groups excluding carboxylic acids is 3. The van der Waals surface area contributed by atoms with Crippen LogP contribution in [0.1, 0.15) is 68.2 Å². The molecule has 0 aliphatic rings. The first-order valence-corrected chi connectivity index (χ1v) is 9.55. The van der Waals surface area contributed by atoms with E-state index in [0.29, 0.717) is 26.9 Å². The van der Waals surface area contributed by atoms with Gasteiger partial charge in [0, 0.05) is 12.6 Å². The normalized spacial score (nSPS) is 10.6. The first-order chi connectivity index (χ1) is 12.8. The van der Waals surface area contributed by atoms with Crippen LogP contribution in [-0.4, -0.2) is 31.4 Å². The zero-order chi connectivity index (χ0) is 20.1. The van der Waals surface area contributed by atoms with Crippen LogP contribution in [0.5, 0.6) is 0 Å². The molecule has 2 rings (SSSR count). The molecule has 0 spiro atoms. The highest BCUT2D eigenvalue weighted by Crippen LogP contribution is 2.34. The number of hydrogen-bond donors (Lipinski definition) is 2. The fourth-order valence-electron chi connectivity index (χ4n) is 2.58. The van der Waals surface area contributed by atoms with Crippen molar-refractivity contribution in [1.82, 2.24) is 5.32 Å². The Hall–Kier alpha value is -2.67. The first-order valence-electron chi connectivity index (χ1n) is 8.74. The first kappa shape index (κ1) is 20.6. The maximum atomic E-state index is 12.6. The van der Waals surface area contributed by atoms with E-state index in [1.165, 1.54) is 7.05 Å². The minimum absolute atomic E-state index is 0.202. The Bertz CT molecular complexity index is 854. The summed E-state index contributed by atoms with van der Waals surface area (Å²) >= 11 is 1.06. The van der Waals surface area contributed by atoms with Crippen LogP contribution in [0.2, 0.25) is 0 Å². The minimum atomic E-state index is -0.563. The van der Waals surface area contributed by atoms with Gasteiger partial charge >= 0.3 is 5.97 Å². The molecule has 0 aliphatic carbocycles. The molecular weight excluding hydrogens is 364 g/mol. The third kappa shape index (κ3) is 4.54. The summed E-state index contributed by atoms with van der Waals surface area (Å²) in [6.07, 6.45) is 0. The number of hydrogen-bond acceptors (Lipinski definition) is 5. The van der Waals surface area contributed by atoms with Crippen LogP contribution in [0.4, 0.5) is 5.00 Å². The van der Waals surface area contributed by atoms with Crippen molar-refractivity contribution in [2.24, 2.45) is 0 Å². The Morgan fingerprint density at radius 2 is 1.74 bits per heavy atom. The van der Waals surface area contributed by atoms with Gasteiger partial charge in [0.15, 0.2) is 0 Å². The molecular formula is C20H24N2O4S. The van der Waals surface area contributed by atoms with Crippen LogP contribution in [0.3, 0.4) is 0 Å². The second kappa shape index (κ2) is 8.81. The SMILES string of the molecule is CCOC(=O)c1c(NC(=O)c2ccc(C(C)C)cc2)sc(C(=O)NC)c1C. The molecule has 0 saturated carbocycles. The molecule has 144 valence electrons. The van der Waals surface area contributed by atoms with Crippen LogP contribution in [0, 0.1) is 6.92 Å². The van der Waals surface area contributed by atoms with Crippen molar-refractivity contribution in [2.75, 3.05) is 19.0 Å². The highest BCUT2D eigenvalue weighted by Gasteiger charge is 2.26. The highest BCUT2D eigenvalue weighted by molar-refractivity contribution is 7.18. The van der Waals surface area contributed by atoms with Gasteiger partial charge in [-0.2, -0.15) is 0 Å². The maximum Gasteiger partial charge on any atom is 0.341 e. The van der Waals surface area contributed by atoms with Crippen LogP contribution in [0.25, 0.3) is 0 Å². The van der Waals surface area contributed by atoms with Crippen molar-refractivity contribution in [3.63, 3.8) is 0 Å². The van der Waals surface area contributed by atoms with E-state index in [4.69, 9.17) is 4.74 Å². The van der Waals surface area contributed by atoms with Gasteiger partial charge in [0.2, 0.25) is 0 Å². The van der Waals surface area contributed by atoms with E-state index in [-0.39, 0.29) is 24.0 Å². The Kier molecular flexibility index (Phi) is 6.74. The van der Waals surface area contributed by atoms with E-state index in [2.05, 4.69) is 24.5 Å². The number of ether oxygens (including phenoxy) is 1. The highest BCUT2D eigenvalue weighted by atomic mass is 32.1. The lowest BCUT2D eigenvalue weighted by molar-refractivity contribution is 0.0527. The predicted octanol–water partition coefficient (Wildman–Crippen LogP) is 3.97. The molecule has 0 radical (unpaired) electrons. The van der Waals surface area contributed by atoms with Crippen LogP contribution < -0.4 is 10.6 Å². The standard InChI is InChI=1S/C20H24N2O4S/c1-6-26-20(25)15-12(4)16(18(24)21-5)27-19(15)22-17(23)14-9-7-13(8-10-14)11(2)3/h7-11H,6H2,1-5H3,(H,21,24)(H,22,23). The lowest BCUT2D eigenvalue weighted by Gasteiger charge is -2.09. The van der Waals surface area contributed by atoms with Crippen molar-refractivity contribution in [1.29, 1.82) is 0 Å². The lowest BCUT2D eigenvalue weighted by Crippen LogP contribution is -2.18. The van der Waals surface area contributed by atoms with Gasteiger partial charge in [-0.3, -0.25) is 9.59 Å². The van der Waals surface area contributed by atoms with Crippen LogP contribution in [-0.2, 0) is 4.74 Å². The molecule has 1 heterocycles. The number of amides is 2. The summed E-state index contributed by atoms with van der Waals surface area (Å²) in [6, 6.07) is 7.30. The number of thiophene rings is 1. The Morgan fingerprint density at radius 3 is 2.26 bits per heavy atom. The number of nitrogens with one attached hydrogen (secondary N) is 2. The van der Waals surface area contributed by atoms with Crippen LogP contribution >= 0.6 is 11.3 Å². The molecule has 2 N–H and O–H groups in total. The summed E-state index contributed by atoms with van der Waals surface area (Å²) in [5.74, 6) is -0.857. The average Bonchev–Trinajstić information content (AvgIpc) is 2.97. The van der Waals surface area contributed by atoms with Gasteiger partial charge in [-0.05, 0) is 43.0 Å². The molecule has 0 saturated heterocycles. The fourth-order valence-corrected chi connectivity index (χ4v) is 3.71. The number of anilines is 1. The monoisotopic (exact) mass is 388 g/mol. The van der Waals surface area contributed by atoms with Gasteiger partial charge in [0.1, 0.15) is 5.00 Å². The topological polar surface area (TPSA) is 84.5 Å². The van der Waals surface area contributed by atoms with Gasteiger partial charge in [0.25, 0.3) is 11.8 Å². The van der Waals surface area contributed by atoms with E-state index in [9.17, 15) is 14.4 Å². The molecule has 2 amide bonds. The molecule has 1 aromatic heterocycles. The quantitative estimate of drug-likeness (QED) is 0.734. The molecule has 0 bridgehead atoms.